The molecule has 7 heteroatoms. The smallest absolute Gasteiger partial charge is 0.220 e. The number of nitrogens with zero attached hydrogens (tertiary/aromatic N) is 5. The van der Waals surface area contributed by atoms with Crippen molar-refractivity contribution in [3.8, 4) is 0 Å². The average molecular weight is 380 g/mol. The molecule has 2 fully saturated rings. The molecule has 0 atom stereocenters. The average Bonchev–Trinajstić information content (AvgIpc) is 3.12. The number of imidazole rings is 1. The highest BCUT2D eigenvalue weighted by Crippen LogP contribution is 2.40. The van der Waals surface area contributed by atoms with Crippen LogP contribution < -0.4 is 16.4 Å². The van der Waals surface area contributed by atoms with Crippen molar-refractivity contribution in [1.82, 2.24) is 9.55 Å². The Morgan fingerprint density at radius 1 is 0.964 bits per heavy atom. The third-order valence-electron chi connectivity index (χ3n) is 6.64. The maximum atomic E-state index is 6.36. The number of benzene rings is 1. The number of fused-ring (bicyclic) bond motifs is 1. The van der Waals surface area contributed by atoms with Gasteiger partial charge in [-0.15, -0.1) is 0 Å². The van der Waals surface area contributed by atoms with Crippen LogP contribution in [-0.4, -0.2) is 27.1 Å². The van der Waals surface area contributed by atoms with Gasteiger partial charge in [0.15, 0.2) is 0 Å². The van der Waals surface area contributed by atoms with Crippen molar-refractivity contribution in [1.29, 1.82) is 0 Å². The first-order chi connectivity index (χ1) is 13.7. The molecule has 7 nitrogen and oxygen atoms in total. The molecule has 5 rings (SSSR count). The number of nitrogens with two attached hydrogens (primary N) is 2. The predicted octanol–water partition coefficient (Wildman–Crippen LogP) is 3.65. The van der Waals surface area contributed by atoms with Gasteiger partial charge in [-0.1, -0.05) is 25.7 Å². The van der Waals surface area contributed by atoms with E-state index < -0.39 is 5.66 Å². The summed E-state index contributed by atoms with van der Waals surface area (Å²) in [5, 5.41) is 0. The van der Waals surface area contributed by atoms with Gasteiger partial charge in [-0.05, 0) is 56.7 Å². The summed E-state index contributed by atoms with van der Waals surface area (Å²) in [4.78, 5) is 15.8. The van der Waals surface area contributed by atoms with Gasteiger partial charge < -0.3 is 16.0 Å². The molecule has 2 aliphatic carbocycles. The van der Waals surface area contributed by atoms with E-state index in [1.54, 1.807) is 0 Å². The van der Waals surface area contributed by atoms with E-state index in [1.165, 1.54) is 44.0 Å². The molecule has 1 aromatic carbocycles. The number of guanidine groups is 2. The van der Waals surface area contributed by atoms with E-state index in [2.05, 4.69) is 32.7 Å². The SMILES string of the molecule is NC1=NC2(CCCCC2)N(c2ccc3c(c2)ncn3C2CCCCC2)C(N)=N1. The summed E-state index contributed by atoms with van der Waals surface area (Å²) in [5.74, 6) is 0.721. The molecule has 148 valence electrons. The summed E-state index contributed by atoms with van der Waals surface area (Å²) >= 11 is 0. The van der Waals surface area contributed by atoms with E-state index in [-0.39, 0.29) is 0 Å². The zero-order valence-corrected chi connectivity index (χ0v) is 16.3. The molecule has 3 aliphatic rings. The van der Waals surface area contributed by atoms with Crippen LogP contribution in [0.3, 0.4) is 0 Å². The molecule has 1 aliphatic heterocycles. The van der Waals surface area contributed by atoms with E-state index in [0.717, 1.165) is 36.9 Å². The number of rotatable bonds is 2. The third kappa shape index (κ3) is 2.84. The largest absolute Gasteiger partial charge is 0.369 e. The lowest BCUT2D eigenvalue weighted by Crippen LogP contribution is -2.58. The molecule has 2 saturated carbocycles. The molecular weight excluding hydrogens is 350 g/mol. The Labute approximate surface area is 165 Å². The second-order valence-corrected chi connectivity index (χ2v) is 8.44. The van der Waals surface area contributed by atoms with Gasteiger partial charge in [0.1, 0.15) is 5.66 Å². The number of aromatic nitrogens is 2. The lowest BCUT2D eigenvalue weighted by atomic mass is 9.87. The van der Waals surface area contributed by atoms with Gasteiger partial charge in [-0.3, -0.25) is 4.90 Å². The molecule has 1 aromatic heterocycles. The Kier molecular flexibility index (Phi) is 4.25. The first-order valence-electron chi connectivity index (χ1n) is 10.6. The van der Waals surface area contributed by atoms with Crippen LogP contribution in [0.2, 0.25) is 0 Å². The van der Waals surface area contributed by atoms with Gasteiger partial charge in [-0.2, -0.15) is 4.99 Å². The minimum absolute atomic E-state index is 0.290. The van der Waals surface area contributed by atoms with E-state index in [0.29, 0.717) is 18.0 Å². The number of hydrogen-bond donors (Lipinski definition) is 2. The lowest BCUT2D eigenvalue weighted by Gasteiger charge is -2.45. The van der Waals surface area contributed by atoms with Crippen LogP contribution in [0, 0.1) is 0 Å². The summed E-state index contributed by atoms with van der Waals surface area (Å²) < 4.78 is 2.36. The predicted molar refractivity (Wildman–Crippen MR) is 113 cm³/mol. The molecular formula is C21H29N7. The van der Waals surface area contributed by atoms with Crippen molar-refractivity contribution >= 4 is 28.6 Å². The van der Waals surface area contributed by atoms with Crippen LogP contribution in [0.15, 0.2) is 34.5 Å². The van der Waals surface area contributed by atoms with Crippen LogP contribution in [0.4, 0.5) is 5.69 Å². The van der Waals surface area contributed by atoms with Crippen LogP contribution >= 0.6 is 0 Å². The summed E-state index contributed by atoms with van der Waals surface area (Å²) in [7, 11) is 0. The maximum absolute atomic E-state index is 6.36. The molecule has 0 bridgehead atoms. The monoisotopic (exact) mass is 379 g/mol. The first-order valence-corrected chi connectivity index (χ1v) is 10.6. The van der Waals surface area contributed by atoms with E-state index in [9.17, 15) is 0 Å². The lowest BCUT2D eigenvalue weighted by molar-refractivity contribution is 0.305. The van der Waals surface area contributed by atoms with E-state index in [4.69, 9.17) is 21.4 Å². The zero-order chi connectivity index (χ0) is 19.1. The summed E-state index contributed by atoms with van der Waals surface area (Å²) in [5.41, 5.74) is 15.1. The quantitative estimate of drug-likeness (QED) is 0.832. The fraction of sp³-hybridized carbons (Fsp3) is 0.571. The summed E-state index contributed by atoms with van der Waals surface area (Å²) in [6.45, 7) is 0. The van der Waals surface area contributed by atoms with E-state index in [1.807, 2.05) is 6.33 Å². The molecule has 2 heterocycles. The van der Waals surface area contributed by atoms with Gasteiger partial charge in [-0.25, -0.2) is 9.98 Å². The molecule has 0 saturated heterocycles. The van der Waals surface area contributed by atoms with Crippen molar-refractivity contribution in [2.24, 2.45) is 21.5 Å². The summed E-state index contributed by atoms with van der Waals surface area (Å²) in [6.07, 6.45) is 13.8. The Bertz CT molecular complexity index is 929. The van der Waals surface area contributed by atoms with Crippen molar-refractivity contribution in [2.75, 3.05) is 4.90 Å². The Morgan fingerprint density at radius 3 is 2.50 bits per heavy atom. The minimum atomic E-state index is -0.409. The summed E-state index contributed by atoms with van der Waals surface area (Å²) in [6, 6.07) is 7.02. The molecule has 0 radical (unpaired) electrons. The zero-order valence-electron chi connectivity index (χ0n) is 16.3. The van der Waals surface area contributed by atoms with Crippen LogP contribution in [-0.2, 0) is 0 Å². The molecule has 0 unspecified atom stereocenters. The fourth-order valence-corrected chi connectivity index (χ4v) is 5.30. The highest BCUT2D eigenvalue weighted by Gasteiger charge is 2.42. The topological polar surface area (TPSA) is 97.8 Å². The first kappa shape index (κ1) is 17.5. The number of aliphatic imine (C=N–C) groups is 2. The van der Waals surface area contributed by atoms with Gasteiger partial charge >= 0.3 is 0 Å². The van der Waals surface area contributed by atoms with Crippen LogP contribution in [0.25, 0.3) is 11.0 Å². The molecule has 1 spiro atoms. The Hall–Kier alpha value is -2.57. The molecule has 28 heavy (non-hydrogen) atoms. The van der Waals surface area contributed by atoms with Crippen LogP contribution in [0.5, 0.6) is 0 Å². The van der Waals surface area contributed by atoms with Crippen molar-refractivity contribution < 1.29 is 0 Å². The Morgan fingerprint density at radius 2 is 1.71 bits per heavy atom. The fourth-order valence-electron chi connectivity index (χ4n) is 5.30. The normalized spacial score (nSPS) is 23.1. The van der Waals surface area contributed by atoms with Crippen LogP contribution in [0.1, 0.15) is 70.3 Å². The van der Waals surface area contributed by atoms with Crippen molar-refractivity contribution in [3.63, 3.8) is 0 Å². The maximum Gasteiger partial charge on any atom is 0.220 e. The standard InChI is InChI=1S/C21H29N7/c22-19-25-20(23)28(21(26-19)11-5-2-6-12-21)16-9-10-18-17(13-16)24-14-27(18)15-7-3-1-4-8-15/h9-10,13-15H,1-8,11-12H2,(H4,22,23,25,26). The van der Waals surface area contributed by atoms with Gasteiger partial charge in [0.2, 0.25) is 11.9 Å². The van der Waals surface area contributed by atoms with E-state index >= 15 is 0 Å². The van der Waals surface area contributed by atoms with Gasteiger partial charge in [0.25, 0.3) is 0 Å². The Balaban J connectivity index is 1.54. The molecule has 2 aromatic rings. The second-order valence-electron chi connectivity index (χ2n) is 8.44. The number of anilines is 1. The van der Waals surface area contributed by atoms with Gasteiger partial charge in [0, 0.05) is 11.7 Å². The minimum Gasteiger partial charge on any atom is -0.369 e. The second kappa shape index (κ2) is 6.79. The van der Waals surface area contributed by atoms with Crippen molar-refractivity contribution in [2.45, 2.75) is 75.9 Å². The highest BCUT2D eigenvalue weighted by atomic mass is 15.4. The molecule has 4 N–H and O–H groups in total. The third-order valence-corrected chi connectivity index (χ3v) is 6.64. The number of hydrogen-bond acceptors (Lipinski definition) is 6. The van der Waals surface area contributed by atoms with Gasteiger partial charge in [0.05, 0.1) is 17.4 Å². The highest BCUT2D eigenvalue weighted by molar-refractivity contribution is 6.06. The molecule has 0 amide bonds. The van der Waals surface area contributed by atoms with Crippen molar-refractivity contribution in [3.05, 3.63) is 24.5 Å².